The van der Waals surface area contributed by atoms with Crippen LogP contribution < -0.4 is 10.2 Å². The maximum absolute atomic E-state index is 5.40. The Bertz CT molecular complexity index is 345. The van der Waals surface area contributed by atoms with Crippen molar-refractivity contribution in [2.24, 2.45) is 0 Å². The molecule has 1 N–H and O–H groups in total. The van der Waals surface area contributed by atoms with E-state index in [-0.39, 0.29) is 0 Å². The SMILES string of the molecule is CNc1nccc(N2CCCC(OC)C2)n1. The first-order chi connectivity index (χ1) is 7.83. The van der Waals surface area contributed by atoms with E-state index in [9.17, 15) is 0 Å². The molecule has 0 saturated carbocycles. The average Bonchev–Trinajstić information content (AvgIpc) is 2.39. The van der Waals surface area contributed by atoms with Crippen LogP contribution in [0.5, 0.6) is 0 Å². The van der Waals surface area contributed by atoms with Gasteiger partial charge in [0, 0.05) is 33.4 Å². The van der Waals surface area contributed by atoms with E-state index < -0.39 is 0 Å². The third-order valence-corrected chi connectivity index (χ3v) is 2.90. The lowest BCUT2D eigenvalue weighted by molar-refractivity contribution is 0.0891. The van der Waals surface area contributed by atoms with Gasteiger partial charge in [-0.25, -0.2) is 4.98 Å². The Kier molecular flexibility index (Phi) is 3.56. The van der Waals surface area contributed by atoms with Crippen LogP contribution in [0.3, 0.4) is 0 Å². The molecule has 1 unspecified atom stereocenters. The molecule has 0 radical (unpaired) electrons. The molecule has 1 atom stereocenters. The van der Waals surface area contributed by atoms with Crippen LogP contribution in [0.1, 0.15) is 12.8 Å². The molecule has 16 heavy (non-hydrogen) atoms. The highest BCUT2D eigenvalue weighted by molar-refractivity contribution is 5.42. The van der Waals surface area contributed by atoms with Crippen LogP contribution in [-0.2, 0) is 4.74 Å². The fraction of sp³-hybridized carbons (Fsp3) is 0.636. The topological polar surface area (TPSA) is 50.3 Å². The standard InChI is InChI=1S/C11H18N4O/c1-12-11-13-6-5-10(14-11)15-7-3-4-9(8-15)16-2/h5-6,9H,3-4,7-8H2,1-2H3,(H,12,13,14). The fourth-order valence-corrected chi connectivity index (χ4v) is 1.98. The van der Waals surface area contributed by atoms with Gasteiger partial charge in [-0.15, -0.1) is 0 Å². The van der Waals surface area contributed by atoms with E-state index in [1.54, 1.807) is 13.3 Å². The predicted octanol–water partition coefficient (Wildman–Crippen LogP) is 1.13. The van der Waals surface area contributed by atoms with Gasteiger partial charge in [-0.2, -0.15) is 4.98 Å². The molecule has 88 valence electrons. The van der Waals surface area contributed by atoms with E-state index in [4.69, 9.17) is 4.74 Å². The van der Waals surface area contributed by atoms with Crippen LogP contribution in [0.2, 0.25) is 0 Å². The van der Waals surface area contributed by atoms with Crippen LogP contribution in [0.25, 0.3) is 0 Å². The minimum Gasteiger partial charge on any atom is -0.380 e. The summed E-state index contributed by atoms with van der Waals surface area (Å²) in [5.74, 6) is 1.64. The molecule has 0 spiro atoms. The largest absolute Gasteiger partial charge is 0.380 e. The van der Waals surface area contributed by atoms with Crippen LogP contribution >= 0.6 is 0 Å². The normalized spacial score (nSPS) is 20.9. The van der Waals surface area contributed by atoms with E-state index in [0.717, 1.165) is 31.7 Å². The number of ether oxygens (including phenoxy) is 1. The quantitative estimate of drug-likeness (QED) is 0.831. The molecule has 0 amide bonds. The number of methoxy groups -OCH3 is 1. The van der Waals surface area contributed by atoms with Gasteiger partial charge in [0.25, 0.3) is 0 Å². The zero-order valence-corrected chi connectivity index (χ0v) is 9.81. The minimum atomic E-state index is 0.321. The fourth-order valence-electron chi connectivity index (χ4n) is 1.98. The first kappa shape index (κ1) is 11.1. The zero-order valence-electron chi connectivity index (χ0n) is 9.81. The molecular formula is C11H18N4O. The second kappa shape index (κ2) is 5.12. The molecule has 1 aromatic heterocycles. The number of piperidine rings is 1. The Hall–Kier alpha value is -1.36. The van der Waals surface area contributed by atoms with E-state index >= 15 is 0 Å². The number of aromatic nitrogens is 2. The lowest BCUT2D eigenvalue weighted by Gasteiger charge is -2.32. The third kappa shape index (κ3) is 2.41. The molecule has 0 bridgehead atoms. The van der Waals surface area contributed by atoms with Gasteiger partial charge in [-0.1, -0.05) is 0 Å². The van der Waals surface area contributed by atoms with Crippen molar-refractivity contribution in [3.8, 4) is 0 Å². The van der Waals surface area contributed by atoms with Crippen LogP contribution in [-0.4, -0.2) is 43.3 Å². The molecular weight excluding hydrogens is 204 g/mol. The Morgan fingerprint density at radius 3 is 3.19 bits per heavy atom. The molecule has 1 saturated heterocycles. The van der Waals surface area contributed by atoms with Gasteiger partial charge >= 0.3 is 0 Å². The van der Waals surface area contributed by atoms with Crippen molar-refractivity contribution >= 4 is 11.8 Å². The first-order valence-corrected chi connectivity index (χ1v) is 5.62. The molecule has 1 aliphatic heterocycles. The van der Waals surface area contributed by atoms with Gasteiger partial charge in [-0.3, -0.25) is 0 Å². The second-order valence-corrected chi connectivity index (χ2v) is 3.93. The highest BCUT2D eigenvalue weighted by Crippen LogP contribution is 2.19. The van der Waals surface area contributed by atoms with Crippen molar-refractivity contribution in [1.82, 2.24) is 9.97 Å². The Morgan fingerprint density at radius 1 is 1.56 bits per heavy atom. The van der Waals surface area contributed by atoms with E-state index in [2.05, 4.69) is 20.2 Å². The van der Waals surface area contributed by atoms with Crippen molar-refractivity contribution in [1.29, 1.82) is 0 Å². The monoisotopic (exact) mass is 222 g/mol. The van der Waals surface area contributed by atoms with Gasteiger partial charge < -0.3 is 15.0 Å². The number of nitrogens with one attached hydrogen (secondary N) is 1. The zero-order chi connectivity index (χ0) is 11.4. The molecule has 2 heterocycles. The van der Waals surface area contributed by atoms with Crippen LogP contribution in [0.15, 0.2) is 12.3 Å². The molecule has 5 heteroatoms. The Labute approximate surface area is 95.8 Å². The summed E-state index contributed by atoms with van der Waals surface area (Å²) < 4.78 is 5.40. The lowest BCUT2D eigenvalue weighted by Crippen LogP contribution is -2.39. The summed E-state index contributed by atoms with van der Waals surface area (Å²) in [5.41, 5.74) is 0. The highest BCUT2D eigenvalue weighted by atomic mass is 16.5. The number of hydrogen-bond acceptors (Lipinski definition) is 5. The van der Waals surface area contributed by atoms with Gasteiger partial charge in [0.2, 0.25) is 5.95 Å². The molecule has 1 aromatic rings. The molecule has 5 nitrogen and oxygen atoms in total. The number of anilines is 2. The smallest absolute Gasteiger partial charge is 0.224 e. The Morgan fingerprint density at radius 2 is 2.44 bits per heavy atom. The third-order valence-electron chi connectivity index (χ3n) is 2.90. The van der Waals surface area contributed by atoms with Gasteiger partial charge in [0.05, 0.1) is 6.10 Å². The number of rotatable bonds is 3. The van der Waals surface area contributed by atoms with E-state index in [1.807, 2.05) is 13.1 Å². The van der Waals surface area contributed by atoms with Gasteiger partial charge in [-0.05, 0) is 18.9 Å². The summed E-state index contributed by atoms with van der Waals surface area (Å²) >= 11 is 0. The van der Waals surface area contributed by atoms with Gasteiger partial charge in [0.1, 0.15) is 5.82 Å². The van der Waals surface area contributed by atoms with Crippen molar-refractivity contribution < 1.29 is 4.74 Å². The summed E-state index contributed by atoms with van der Waals surface area (Å²) in [6.07, 6.45) is 4.39. The van der Waals surface area contributed by atoms with Crippen molar-refractivity contribution in [2.75, 3.05) is 37.5 Å². The van der Waals surface area contributed by atoms with Crippen molar-refractivity contribution in [2.45, 2.75) is 18.9 Å². The number of nitrogens with zero attached hydrogens (tertiary/aromatic N) is 3. The maximum Gasteiger partial charge on any atom is 0.224 e. The average molecular weight is 222 g/mol. The van der Waals surface area contributed by atoms with Crippen LogP contribution in [0.4, 0.5) is 11.8 Å². The lowest BCUT2D eigenvalue weighted by atomic mass is 10.1. The summed E-state index contributed by atoms with van der Waals surface area (Å²) in [4.78, 5) is 10.8. The van der Waals surface area contributed by atoms with Crippen molar-refractivity contribution in [3.63, 3.8) is 0 Å². The predicted molar refractivity (Wildman–Crippen MR) is 63.8 cm³/mol. The summed E-state index contributed by atoms with van der Waals surface area (Å²) in [7, 11) is 3.60. The Balaban J connectivity index is 2.10. The number of hydrogen-bond donors (Lipinski definition) is 1. The minimum absolute atomic E-state index is 0.321. The molecule has 0 aliphatic carbocycles. The molecule has 1 fully saturated rings. The second-order valence-electron chi connectivity index (χ2n) is 3.93. The van der Waals surface area contributed by atoms with E-state index in [1.165, 1.54) is 0 Å². The molecule has 1 aliphatic rings. The first-order valence-electron chi connectivity index (χ1n) is 5.62. The summed E-state index contributed by atoms with van der Waals surface area (Å²) in [5, 5.41) is 2.95. The van der Waals surface area contributed by atoms with Crippen LogP contribution in [0, 0.1) is 0 Å². The molecule has 2 rings (SSSR count). The van der Waals surface area contributed by atoms with Gasteiger partial charge in [0.15, 0.2) is 0 Å². The maximum atomic E-state index is 5.40. The summed E-state index contributed by atoms with van der Waals surface area (Å²) in [6.45, 7) is 1.96. The summed E-state index contributed by atoms with van der Waals surface area (Å²) in [6, 6.07) is 1.94. The highest BCUT2D eigenvalue weighted by Gasteiger charge is 2.20. The van der Waals surface area contributed by atoms with Crippen molar-refractivity contribution in [3.05, 3.63) is 12.3 Å². The molecule has 0 aromatic carbocycles. The van der Waals surface area contributed by atoms with E-state index in [0.29, 0.717) is 12.1 Å².